The average Bonchev–Trinajstić information content (AvgIpc) is 3.29. The summed E-state index contributed by atoms with van der Waals surface area (Å²) in [7, 11) is 0. The Bertz CT molecular complexity index is 1120. The first-order chi connectivity index (χ1) is 14.4. The zero-order valence-electron chi connectivity index (χ0n) is 16.6. The SMILES string of the molecule is CC(C)C(=O)Nc1nc2c(nc(-c3ccccc3)n2[C@H]2C[C@@H](O)[C@@H](CO)O2)c(=O)[nH]1. The predicted octanol–water partition coefficient (Wildman–Crippen LogP) is 1.02. The van der Waals surface area contributed by atoms with Crippen molar-refractivity contribution in [1.29, 1.82) is 0 Å². The molecule has 1 aliphatic rings. The number of aliphatic hydroxyl groups is 2. The van der Waals surface area contributed by atoms with Gasteiger partial charge in [0.1, 0.15) is 18.2 Å². The number of amides is 1. The largest absolute Gasteiger partial charge is 0.394 e. The van der Waals surface area contributed by atoms with Gasteiger partial charge in [-0.25, -0.2) is 4.98 Å². The Morgan fingerprint density at radius 1 is 1.33 bits per heavy atom. The van der Waals surface area contributed by atoms with Gasteiger partial charge < -0.3 is 14.9 Å². The molecule has 2 aromatic heterocycles. The summed E-state index contributed by atoms with van der Waals surface area (Å²) >= 11 is 0. The van der Waals surface area contributed by atoms with E-state index in [1.165, 1.54) is 0 Å². The number of aliphatic hydroxyl groups excluding tert-OH is 2. The van der Waals surface area contributed by atoms with Crippen LogP contribution in [0.5, 0.6) is 0 Å². The number of ether oxygens (including phenoxy) is 1. The summed E-state index contributed by atoms with van der Waals surface area (Å²) in [5.41, 5.74) is 0.523. The van der Waals surface area contributed by atoms with Crippen molar-refractivity contribution in [3.8, 4) is 11.4 Å². The van der Waals surface area contributed by atoms with E-state index in [1.54, 1.807) is 18.4 Å². The molecule has 10 nitrogen and oxygen atoms in total. The van der Waals surface area contributed by atoms with Crippen LogP contribution < -0.4 is 10.9 Å². The van der Waals surface area contributed by atoms with Crippen LogP contribution in [0.1, 0.15) is 26.5 Å². The van der Waals surface area contributed by atoms with Crippen molar-refractivity contribution in [2.45, 2.75) is 38.7 Å². The number of hydrogen-bond donors (Lipinski definition) is 4. The van der Waals surface area contributed by atoms with Gasteiger partial charge in [0.15, 0.2) is 11.2 Å². The molecule has 3 atom stereocenters. The van der Waals surface area contributed by atoms with Gasteiger partial charge in [-0.1, -0.05) is 44.2 Å². The van der Waals surface area contributed by atoms with Crippen molar-refractivity contribution in [2.75, 3.05) is 11.9 Å². The Morgan fingerprint density at radius 3 is 2.70 bits per heavy atom. The molecule has 4 N–H and O–H groups in total. The van der Waals surface area contributed by atoms with E-state index < -0.39 is 24.0 Å². The fraction of sp³-hybridized carbons (Fsp3) is 0.400. The first-order valence-corrected chi connectivity index (χ1v) is 9.72. The van der Waals surface area contributed by atoms with Crippen LogP contribution in [0.4, 0.5) is 5.95 Å². The quantitative estimate of drug-likeness (QED) is 0.489. The normalized spacial score (nSPS) is 21.4. The molecular weight excluding hydrogens is 390 g/mol. The minimum atomic E-state index is -0.872. The van der Waals surface area contributed by atoms with Crippen LogP contribution in [-0.2, 0) is 9.53 Å². The highest BCUT2D eigenvalue weighted by Crippen LogP contribution is 2.35. The first-order valence-electron chi connectivity index (χ1n) is 9.72. The van der Waals surface area contributed by atoms with Crippen LogP contribution in [0.3, 0.4) is 0 Å². The van der Waals surface area contributed by atoms with Crippen molar-refractivity contribution < 1.29 is 19.7 Å². The van der Waals surface area contributed by atoms with E-state index in [0.717, 1.165) is 5.56 Å². The van der Waals surface area contributed by atoms with E-state index in [9.17, 15) is 19.8 Å². The van der Waals surface area contributed by atoms with Gasteiger partial charge in [-0.05, 0) is 0 Å². The molecule has 0 aliphatic carbocycles. The number of nitrogens with zero attached hydrogens (tertiary/aromatic N) is 3. The van der Waals surface area contributed by atoms with Gasteiger partial charge in [0.05, 0.1) is 12.7 Å². The zero-order valence-corrected chi connectivity index (χ0v) is 16.6. The highest BCUT2D eigenvalue weighted by atomic mass is 16.5. The molecule has 3 aromatic rings. The van der Waals surface area contributed by atoms with E-state index in [-0.39, 0.29) is 42.0 Å². The van der Waals surface area contributed by atoms with Crippen LogP contribution in [0, 0.1) is 5.92 Å². The molecule has 1 fully saturated rings. The lowest BCUT2D eigenvalue weighted by molar-refractivity contribution is -0.118. The van der Waals surface area contributed by atoms with Crippen LogP contribution in [0.25, 0.3) is 22.6 Å². The number of imidazole rings is 1. The Labute approximate surface area is 171 Å². The van der Waals surface area contributed by atoms with Crippen molar-refractivity contribution in [3.05, 3.63) is 40.7 Å². The molecule has 0 radical (unpaired) electrons. The standard InChI is InChI=1S/C20H23N5O5/c1-10(2)18(28)23-20-22-17-15(19(29)24-20)21-16(11-6-4-3-5-7-11)25(17)14-8-12(27)13(9-26)30-14/h3-7,10,12-14,26-27H,8-9H2,1-2H3,(H2,22,23,24,28,29)/t12-,13-,14-/m1/s1. The lowest BCUT2D eigenvalue weighted by atomic mass is 10.2. The number of H-pyrrole nitrogens is 1. The van der Waals surface area contributed by atoms with Gasteiger partial charge in [-0.2, -0.15) is 4.98 Å². The Morgan fingerprint density at radius 2 is 2.07 bits per heavy atom. The number of hydrogen-bond acceptors (Lipinski definition) is 7. The average molecular weight is 413 g/mol. The van der Waals surface area contributed by atoms with Gasteiger partial charge in [-0.3, -0.25) is 24.5 Å². The predicted molar refractivity (Wildman–Crippen MR) is 109 cm³/mol. The lowest BCUT2D eigenvalue weighted by Gasteiger charge is -2.17. The van der Waals surface area contributed by atoms with E-state index in [4.69, 9.17) is 4.74 Å². The number of rotatable bonds is 5. The molecule has 1 saturated heterocycles. The monoisotopic (exact) mass is 413 g/mol. The van der Waals surface area contributed by atoms with Gasteiger partial charge >= 0.3 is 0 Å². The summed E-state index contributed by atoms with van der Waals surface area (Å²) in [5.74, 6) is -0.148. The van der Waals surface area contributed by atoms with Crippen LogP contribution in [0.15, 0.2) is 35.1 Å². The second kappa shape index (κ2) is 7.98. The minimum absolute atomic E-state index is 0.00390. The molecule has 1 aliphatic heterocycles. The molecule has 0 spiro atoms. The van der Waals surface area contributed by atoms with Gasteiger partial charge in [0.2, 0.25) is 11.9 Å². The number of anilines is 1. The number of aromatic amines is 1. The molecule has 158 valence electrons. The van der Waals surface area contributed by atoms with Crippen molar-refractivity contribution in [2.24, 2.45) is 5.92 Å². The highest BCUT2D eigenvalue weighted by Gasteiger charge is 2.37. The summed E-state index contributed by atoms with van der Waals surface area (Å²) in [6, 6.07) is 9.21. The number of nitrogens with one attached hydrogen (secondary N) is 2. The number of benzene rings is 1. The van der Waals surface area contributed by atoms with Crippen LogP contribution >= 0.6 is 0 Å². The molecule has 10 heteroatoms. The molecule has 4 rings (SSSR count). The van der Waals surface area contributed by atoms with Gasteiger partial charge in [-0.15, -0.1) is 0 Å². The fourth-order valence-corrected chi connectivity index (χ4v) is 3.41. The Balaban J connectivity index is 1.89. The van der Waals surface area contributed by atoms with E-state index >= 15 is 0 Å². The molecule has 3 heterocycles. The lowest BCUT2D eigenvalue weighted by Crippen LogP contribution is -2.24. The zero-order chi connectivity index (χ0) is 21.4. The maximum Gasteiger partial charge on any atom is 0.280 e. The molecule has 30 heavy (non-hydrogen) atoms. The topological polar surface area (TPSA) is 142 Å². The van der Waals surface area contributed by atoms with Crippen molar-refractivity contribution in [1.82, 2.24) is 19.5 Å². The van der Waals surface area contributed by atoms with E-state index in [2.05, 4.69) is 20.3 Å². The summed E-state index contributed by atoms with van der Waals surface area (Å²) in [4.78, 5) is 36.2. The minimum Gasteiger partial charge on any atom is -0.394 e. The maximum atomic E-state index is 12.7. The third-order valence-corrected chi connectivity index (χ3v) is 5.02. The van der Waals surface area contributed by atoms with Crippen LogP contribution in [0.2, 0.25) is 0 Å². The fourth-order valence-electron chi connectivity index (χ4n) is 3.41. The third-order valence-electron chi connectivity index (χ3n) is 5.02. The van der Waals surface area contributed by atoms with E-state index in [1.807, 2.05) is 30.3 Å². The number of carbonyl (C=O) groups is 1. The molecular formula is C20H23N5O5. The van der Waals surface area contributed by atoms with Crippen LogP contribution in [-0.4, -0.2) is 54.5 Å². The molecule has 0 saturated carbocycles. The second-order valence-electron chi connectivity index (χ2n) is 7.52. The van der Waals surface area contributed by atoms with Crippen molar-refractivity contribution >= 4 is 23.0 Å². The third kappa shape index (κ3) is 3.60. The van der Waals surface area contributed by atoms with Crippen molar-refractivity contribution in [3.63, 3.8) is 0 Å². The summed E-state index contributed by atoms with van der Waals surface area (Å²) in [6.45, 7) is 3.12. The molecule has 1 aromatic carbocycles. The molecule has 0 unspecified atom stereocenters. The summed E-state index contributed by atoms with van der Waals surface area (Å²) in [6.07, 6.45) is -2.12. The number of carbonyl (C=O) groups excluding carboxylic acids is 1. The molecule has 1 amide bonds. The number of aromatic nitrogens is 4. The first kappa shape index (κ1) is 20.2. The van der Waals surface area contributed by atoms with E-state index in [0.29, 0.717) is 5.82 Å². The molecule has 0 bridgehead atoms. The summed E-state index contributed by atoms with van der Waals surface area (Å²) < 4.78 is 7.45. The summed E-state index contributed by atoms with van der Waals surface area (Å²) in [5, 5.41) is 22.3. The maximum absolute atomic E-state index is 12.7. The Kier molecular flexibility index (Phi) is 5.37. The number of fused-ring (bicyclic) bond motifs is 1. The van der Waals surface area contributed by atoms with Gasteiger partial charge in [0.25, 0.3) is 5.56 Å². The van der Waals surface area contributed by atoms with Gasteiger partial charge in [0, 0.05) is 17.9 Å². The second-order valence-corrected chi connectivity index (χ2v) is 7.52. The smallest absolute Gasteiger partial charge is 0.280 e. The highest BCUT2D eigenvalue weighted by molar-refractivity contribution is 5.91. The Hall–Kier alpha value is -3.08.